The molecule has 23 heavy (non-hydrogen) atoms. The fraction of sp³-hybridized carbons (Fsp3) is 0.467. The summed E-state index contributed by atoms with van der Waals surface area (Å²) in [5.41, 5.74) is 3.29. The monoisotopic (exact) mass is 382 g/mol. The molecule has 0 saturated carbocycles. The first-order valence-electron chi connectivity index (χ1n) is 7.35. The van der Waals surface area contributed by atoms with Gasteiger partial charge in [0, 0.05) is 17.6 Å². The van der Waals surface area contributed by atoms with Gasteiger partial charge in [-0.1, -0.05) is 15.9 Å². The number of fused-ring (bicyclic) bond motifs is 1. The van der Waals surface area contributed by atoms with Crippen LogP contribution in [0.3, 0.4) is 0 Å². The molecule has 3 rings (SSSR count). The van der Waals surface area contributed by atoms with E-state index in [9.17, 15) is 9.90 Å². The first-order chi connectivity index (χ1) is 10.7. The number of likely N-dealkylation sites (tertiary alicyclic amines) is 1. The maximum Gasteiger partial charge on any atom is 0.410 e. The van der Waals surface area contributed by atoms with Crippen LogP contribution in [0, 0.1) is 0 Å². The van der Waals surface area contributed by atoms with E-state index in [1.165, 1.54) is 4.79 Å². The maximum absolute atomic E-state index is 11.9. The molecule has 1 fully saturated rings. The van der Waals surface area contributed by atoms with Crippen LogP contribution in [0.2, 0.25) is 0 Å². The highest BCUT2D eigenvalue weighted by Gasteiger charge is 2.34. The SMILES string of the molecule is CC(C)(C)OC(=O)N1CC(Nn2nc3ccc(Br)cc3c2O)C1. The van der Waals surface area contributed by atoms with Crippen LogP contribution in [0.15, 0.2) is 22.7 Å². The van der Waals surface area contributed by atoms with Crippen LogP contribution in [0.1, 0.15) is 20.8 Å². The van der Waals surface area contributed by atoms with Gasteiger partial charge in [-0.2, -0.15) is 0 Å². The summed E-state index contributed by atoms with van der Waals surface area (Å²) in [6, 6.07) is 5.52. The summed E-state index contributed by atoms with van der Waals surface area (Å²) in [6.07, 6.45) is -0.325. The van der Waals surface area contributed by atoms with E-state index in [4.69, 9.17) is 4.74 Å². The van der Waals surface area contributed by atoms with Gasteiger partial charge in [-0.25, -0.2) is 4.79 Å². The largest absolute Gasteiger partial charge is 0.492 e. The normalized spacial score (nSPS) is 15.6. The molecule has 0 atom stereocenters. The number of rotatable bonds is 2. The molecule has 0 radical (unpaired) electrons. The molecule has 124 valence electrons. The zero-order valence-electron chi connectivity index (χ0n) is 13.2. The smallest absolute Gasteiger partial charge is 0.410 e. The number of hydrogen-bond donors (Lipinski definition) is 2. The number of halogens is 1. The summed E-state index contributed by atoms with van der Waals surface area (Å²) in [6.45, 7) is 6.53. The Bertz CT molecular complexity index is 747. The topological polar surface area (TPSA) is 79.6 Å². The molecule has 2 heterocycles. The van der Waals surface area contributed by atoms with Crippen molar-refractivity contribution in [2.24, 2.45) is 0 Å². The van der Waals surface area contributed by atoms with E-state index >= 15 is 0 Å². The molecule has 1 aromatic carbocycles. The minimum atomic E-state index is -0.499. The lowest BCUT2D eigenvalue weighted by Gasteiger charge is -2.40. The maximum atomic E-state index is 11.9. The van der Waals surface area contributed by atoms with E-state index in [0.717, 1.165) is 4.47 Å². The molecule has 7 nitrogen and oxygen atoms in total. The predicted molar refractivity (Wildman–Crippen MR) is 90.1 cm³/mol. The van der Waals surface area contributed by atoms with Gasteiger partial charge in [0.25, 0.3) is 0 Å². The van der Waals surface area contributed by atoms with Crippen LogP contribution in [0.25, 0.3) is 10.9 Å². The predicted octanol–water partition coefficient (Wildman–Crippen LogP) is 2.67. The zero-order chi connectivity index (χ0) is 16.8. The Balaban J connectivity index is 1.62. The van der Waals surface area contributed by atoms with Crippen LogP contribution >= 0.6 is 15.9 Å². The van der Waals surface area contributed by atoms with Gasteiger partial charge in [0.2, 0.25) is 5.88 Å². The van der Waals surface area contributed by atoms with Crippen molar-refractivity contribution in [1.82, 2.24) is 14.8 Å². The Morgan fingerprint density at radius 1 is 1.43 bits per heavy atom. The quantitative estimate of drug-likeness (QED) is 0.834. The van der Waals surface area contributed by atoms with E-state index in [1.54, 1.807) is 4.90 Å². The van der Waals surface area contributed by atoms with Crippen molar-refractivity contribution in [3.8, 4) is 5.88 Å². The Hall–Kier alpha value is -1.96. The molecule has 2 aromatic rings. The lowest BCUT2D eigenvalue weighted by atomic mass is 10.1. The van der Waals surface area contributed by atoms with Crippen LogP contribution < -0.4 is 5.43 Å². The molecule has 2 N–H and O–H groups in total. The lowest BCUT2D eigenvalue weighted by Crippen LogP contribution is -2.59. The molecule has 1 saturated heterocycles. The molecule has 0 aliphatic carbocycles. The first-order valence-corrected chi connectivity index (χ1v) is 8.14. The van der Waals surface area contributed by atoms with Crippen molar-refractivity contribution in [1.29, 1.82) is 0 Å². The minimum Gasteiger partial charge on any atom is -0.492 e. The fourth-order valence-corrected chi connectivity index (χ4v) is 2.70. The summed E-state index contributed by atoms with van der Waals surface area (Å²) in [5, 5.41) is 15.2. The molecular weight excluding hydrogens is 364 g/mol. The minimum absolute atomic E-state index is 0.0196. The second-order valence-electron chi connectivity index (χ2n) is 6.61. The molecule has 0 bridgehead atoms. The van der Waals surface area contributed by atoms with Crippen LogP contribution in [0.4, 0.5) is 4.79 Å². The molecule has 1 aliphatic heterocycles. The number of hydrogen-bond acceptors (Lipinski definition) is 5. The van der Waals surface area contributed by atoms with Crippen molar-refractivity contribution in [3.05, 3.63) is 22.7 Å². The van der Waals surface area contributed by atoms with E-state index in [2.05, 4.69) is 26.5 Å². The second-order valence-corrected chi connectivity index (χ2v) is 7.52. The number of carbonyl (C=O) groups excluding carboxylic acids is 1. The number of nitrogens with zero attached hydrogens (tertiary/aromatic N) is 3. The summed E-state index contributed by atoms with van der Waals surface area (Å²) >= 11 is 3.37. The number of aromatic nitrogens is 2. The summed E-state index contributed by atoms with van der Waals surface area (Å²) in [7, 11) is 0. The second kappa shape index (κ2) is 5.59. The van der Waals surface area contributed by atoms with Gasteiger partial charge in [0.15, 0.2) is 0 Å². The molecule has 1 amide bonds. The highest BCUT2D eigenvalue weighted by atomic mass is 79.9. The number of nitrogens with one attached hydrogen (secondary N) is 1. The Morgan fingerprint density at radius 2 is 2.13 bits per heavy atom. The fourth-order valence-electron chi connectivity index (χ4n) is 2.34. The first kappa shape index (κ1) is 15.9. The third-order valence-corrected chi connectivity index (χ3v) is 3.94. The average Bonchev–Trinajstić information content (AvgIpc) is 2.68. The van der Waals surface area contributed by atoms with E-state index in [1.807, 2.05) is 39.0 Å². The third kappa shape index (κ3) is 3.36. The molecule has 1 aliphatic rings. The van der Waals surface area contributed by atoms with Crippen LogP contribution in [-0.2, 0) is 4.74 Å². The highest BCUT2D eigenvalue weighted by molar-refractivity contribution is 9.10. The van der Waals surface area contributed by atoms with Gasteiger partial charge in [0.1, 0.15) is 5.60 Å². The zero-order valence-corrected chi connectivity index (χ0v) is 14.8. The summed E-state index contributed by atoms with van der Waals surface area (Å²) in [5.74, 6) is 0.0528. The summed E-state index contributed by atoms with van der Waals surface area (Å²) in [4.78, 5) is 14.8. The van der Waals surface area contributed by atoms with Crippen LogP contribution in [-0.4, -0.2) is 50.7 Å². The molecule has 8 heteroatoms. The van der Waals surface area contributed by atoms with E-state index in [0.29, 0.717) is 24.0 Å². The van der Waals surface area contributed by atoms with Gasteiger partial charge in [-0.15, -0.1) is 9.89 Å². The Morgan fingerprint density at radius 3 is 2.78 bits per heavy atom. The number of aromatic hydroxyl groups is 1. The Labute approximate surface area is 142 Å². The van der Waals surface area contributed by atoms with E-state index < -0.39 is 5.60 Å². The summed E-state index contributed by atoms with van der Waals surface area (Å²) < 4.78 is 6.18. The number of benzene rings is 1. The number of amides is 1. The molecular formula is C15H19BrN4O3. The number of carbonyl (C=O) groups is 1. The lowest BCUT2D eigenvalue weighted by molar-refractivity contribution is 0.00937. The van der Waals surface area contributed by atoms with Gasteiger partial charge >= 0.3 is 6.09 Å². The van der Waals surface area contributed by atoms with Crippen molar-refractivity contribution >= 4 is 32.9 Å². The highest BCUT2D eigenvalue weighted by Crippen LogP contribution is 2.27. The Kier molecular flexibility index (Phi) is 3.87. The van der Waals surface area contributed by atoms with Gasteiger partial charge in [-0.05, 0) is 39.0 Å². The van der Waals surface area contributed by atoms with Gasteiger partial charge in [0.05, 0.1) is 16.9 Å². The molecule has 0 spiro atoms. The van der Waals surface area contributed by atoms with Crippen LogP contribution in [0.5, 0.6) is 5.88 Å². The molecule has 0 unspecified atom stereocenters. The standard InChI is InChI=1S/C15H19BrN4O3/c1-15(2,3)23-14(22)19-7-10(8-19)17-20-13(21)11-6-9(16)4-5-12(11)18-20/h4-6,10,17,21H,7-8H2,1-3H3. The number of ether oxygens (including phenoxy) is 1. The molecule has 1 aromatic heterocycles. The van der Waals surface area contributed by atoms with Crippen molar-refractivity contribution in [2.75, 3.05) is 18.5 Å². The third-order valence-electron chi connectivity index (χ3n) is 3.45. The van der Waals surface area contributed by atoms with E-state index in [-0.39, 0.29) is 18.0 Å². The van der Waals surface area contributed by atoms with Crippen molar-refractivity contribution in [3.63, 3.8) is 0 Å². The van der Waals surface area contributed by atoms with Crippen molar-refractivity contribution < 1.29 is 14.6 Å². The average molecular weight is 383 g/mol. The van der Waals surface area contributed by atoms with Gasteiger partial charge in [-0.3, -0.25) is 5.43 Å². The van der Waals surface area contributed by atoms with Crippen molar-refractivity contribution in [2.45, 2.75) is 32.4 Å². The van der Waals surface area contributed by atoms with Gasteiger partial charge < -0.3 is 14.7 Å².